The van der Waals surface area contributed by atoms with Gasteiger partial charge in [-0.15, -0.1) is 0 Å². The minimum absolute atomic E-state index is 0.00963. The molecular weight excluding hydrogens is 366 g/mol. The van der Waals surface area contributed by atoms with Crippen molar-refractivity contribution in [1.29, 1.82) is 5.26 Å². The fourth-order valence-electron chi connectivity index (χ4n) is 3.37. The largest absolute Gasteiger partial charge is 0.457 e. The third-order valence-electron chi connectivity index (χ3n) is 4.67. The molecule has 7 nitrogen and oxygen atoms in total. The Bertz CT molecular complexity index is 1220. The number of nitrogens with zero attached hydrogens (tertiary/aromatic N) is 5. The maximum Gasteiger partial charge on any atom is 0.341 e. The van der Waals surface area contributed by atoms with Crippen LogP contribution in [0.1, 0.15) is 46.9 Å². The molecule has 0 bridgehead atoms. The predicted molar refractivity (Wildman–Crippen MR) is 107 cm³/mol. The molecule has 0 amide bonds. The summed E-state index contributed by atoms with van der Waals surface area (Å²) in [7, 11) is 0. The zero-order valence-corrected chi connectivity index (χ0v) is 16.1. The van der Waals surface area contributed by atoms with Gasteiger partial charge in [0.25, 0.3) is 0 Å². The van der Waals surface area contributed by atoms with Crippen molar-refractivity contribution in [3.8, 4) is 11.9 Å². The second kappa shape index (κ2) is 7.60. The molecule has 0 unspecified atom stereocenters. The molecule has 0 aliphatic carbocycles. The highest BCUT2D eigenvalue weighted by atomic mass is 16.5. The Balaban J connectivity index is 1.62. The van der Waals surface area contributed by atoms with Crippen molar-refractivity contribution in [1.82, 2.24) is 19.2 Å². The lowest BCUT2D eigenvalue weighted by atomic mass is 10.1. The average Bonchev–Trinajstić information content (AvgIpc) is 3.34. The van der Waals surface area contributed by atoms with Crippen LogP contribution in [0.25, 0.3) is 11.3 Å². The first-order chi connectivity index (χ1) is 14.1. The summed E-state index contributed by atoms with van der Waals surface area (Å²) in [5.41, 5.74) is 3.08. The van der Waals surface area contributed by atoms with Gasteiger partial charge in [0.1, 0.15) is 18.2 Å². The lowest BCUT2D eigenvalue weighted by Crippen LogP contribution is -2.12. The summed E-state index contributed by atoms with van der Waals surface area (Å²) >= 11 is 0. The summed E-state index contributed by atoms with van der Waals surface area (Å²) in [5, 5.41) is 13.9. The van der Waals surface area contributed by atoms with Crippen molar-refractivity contribution >= 4 is 11.5 Å². The third-order valence-corrected chi connectivity index (χ3v) is 4.67. The van der Waals surface area contributed by atoms with Gasteiger partial charge in [-0.05, 0) is 30.2 Å². The predicted octanol–water partition coefficient (Wildman–Crippen LogP) is 3.87. The van der Waals surface area contributed by atoms with Crippen LogP contribution in [0, 0.1) is 11.3 Å². The van der Waals surface area contributed by atoms with Gasteiger partial charge in [0.2, 0.25) is 0 Å². The Morgan fingerprint density at radius 3 is 2.79 bits per heavy atom. The fourth-order valence-corrected chi connectivity index (χ4v) is 3.37. The van der Waals surface area contributed by atoms with Gasteiger partial charge in [-0.3, -0.25) is 0 Å². The Labute approximate surface area is 167 Å². The van der Waals surface area contributed by atoms with E-state index in [1.807, 2.05) is 67.0 Å². The number of ether oxygens (including phenoxy) is 1. The van der Waals surface area contributed by atoms with Gasteiger partial charge in [-0.1, -0.05) is 26.0 Å². The van der Waals surface area contributed by atoms with Crippen molar-refractivity contribution in [2.24, 2.45) is 0 Å². The van der Waals surface area contributed by atoms with Gasteiger partial charge in [0, 0.05) is 24.2 Å². The van der Waals surface area contributed by atoms with E-state index in [1.165, 1.54) is 6.20 Å². The van der Waals surface area contributed by atoms with Gasteiger partial charge in [-0.25, -0.2) is 14.5 Å². The van der Waals surface area contributed by atoms with Crippen molar-refractivity contribution in [2.75, 3.05) is 0 Å². The SMILES string of the molecule is CC(C)c1c(C(=O)OCc2cn3ccccc3c2C#N)cnn1-c1ccccn1. The van der Waals surface area contributed by atoms with Gasteiger partial charge in [0.15, 0.2) is 5.82 Å². The molecule has 0 radical (unpaired) electrons. The first-order valence-electron chi connectivity index (χ1n) is 9.25. The van der Waals surface area contributed by atoms with E-state index in [2.05, 4.69) is 16.2 Å². The second-order valence-electron chi connectivity index (χ2n) is 6.91. The van der Waals surface area contributed by atoms with Crippen LogP contribution in [0.4, 0.5) is 0 Å². The molecule has 4 aromatic heterocycles. The van der Waals surface area contributed by atoms with Crippen LogP contribution in [-0.4, -0.2) is 25.1 Å². The monoisotopic (exact) mass is 385 g/mol. The van der Waals surface area contributed by atoms with Crippen LogP contribution in [0.2, 0.25) is 0 Å². The fraction of sp³-hybridized carbons (Fsp3) is 0.182. The van der Waals surface area contributed by atoms with Crippen molar-refractivity contribution < 1.29 is 9.53 Å². The topological polar surface area (TPSA) is 85.2 Å². The quantitative estimate of drug-likeness (QED) is 0.487. The first-order valence-corrected chi connectivity index (χ1v) is 9.25. The number of hydrogen-bond acceptors (Lipinski definition) is 5. The summed E-state index contributed by atoms with van der Waals surface area (Å²) < 4.78 is 9.06. The number of nitriles is 1. The minimum atomic E-state index is -0.477. The number of carbonyl (C=O) groups excluding carboxylic acids is 1. The highest BCUT2D eigenvalue weighted by Crippen LogP contribution is 2.24. The smallest absolute Gasteiger partial charge is 0.341 e. The van der Waals surface area contributed by atoms with E-state index in [4.69, 9.17) is 4.74 Å². The standard InChI is InChI=1S/C22H19N5O2/c1-15(2)21-18(12-25-27(21)20-8-3-5-9-24-20)22(28)29-14-16-13-26-10-6-4-7-19(26)17(16)11-23/h3-10,12-13,15H,14H2,1-2H3. The highest BCUT2D eigenvalue weighted by molar-refractivity contribution is 5.90. The van der Waals surface area contributed by atoms with Crippen LogP contribution >= 0.6 is 0 Å². The molecule has 144 valence electrons. The third kappa shape index (κ3) is 3.36. The molecule has 4 aromatic rings. The number of rotatable bonds is 5. The van der Waals surface area contributed by atoms with E-state index >= 15 is 0 Å². The maximum atomic E-state index is 12.8. The summed E-state index contributed by atoms with van der Waals surface area (Å²) in [5.74, 6) is 0.199. The summed E-state index contributed by atoms with van der Waals surface area (Å²) in [6.07, 6.45) is 6.85. The molecule has 0 atom stereocenters. The van der Waals surface area contributed by atoms with Crippen molar-refractivity contribution in [3.63, 3.8) is 0 Å². The molecule has 0 saturated carbocycles. The first kappa shape index (κ1) is 18.4. The van der Waals surface area contributed by atoms with Crippen molar-refractivity contribution in [3.05, 3.63) is 83.6 Å². The van der Waals surface area contributed by atoms with Crippen LogP contribution in [0.5, 0.6) is 0 Å². The van der Waals surface area contributed by atoms with Crippen molar-refractivity contribution in [2.45, 2.75) is 26.4 Å². The van der Waals surface area contributed by atoms with Gasteiger partial charge < -0.3 is 9.14 Å². The zero-order valence-electron chi connectivity index (χ0n) is 16.1. The average molecular weight is 385 g/mol. The van der Waals surface area contributed by atoms with Gasteiger partial charge in [-0.2, -0.15) is 10.4 Å². The van der Waals surface area contributed by atoms with Gasteiger partial charge in [0.05, 0.1) is 23.0 Å². The molecule has 0 saturated heterocycles. The Kier molecular flexibility index (Phi) is 4.83. The summed E-state index contributed by atoms with van der Waals surface area (Å²) in [4.78, 5) is 17.1. The molecule has 4 heterocycles. The second-order valence-corrected chi connectivity index (χ2v) is 6.91. The Morgan fingerprint density at radius 1 is 1.24 bits per heavy atom. The number of fused-ring (bicyclic) bond motifs is 1. The molecule has 0 spiro atoms. The van der Waals surface area contributed by atoms with Crippen LogP contribution in [0.3, 0.4) is 0 Å². The molecule has 7 heteroatoms. The number of pyridine rings is 2. The molecule has 29 heavy (non-hydrogen) atoms. The summed E-state index contributed by atoms with van der Waals surface area (Å²) in [6, 6.07) is 13.3. The van der Waals surface area contributed by atoms with Gasteiger partial charge >= 0.3 is 5.97 Å². The molecule has 0 aliphatic rings. The van der Waals surface area contributed by atoms with E-state index in [0.29, 0.717) is 22.5 Å². The van der Waals surface area contributed by atoms with E-state index in [9.17, 15) is 10.1 Å². The minimum Gasteiger partial charge on any atom is -0.457 e. The summed E-state index contributed by atoms with van der Waals surface area (Å²) in [6.45, 7) is 3.98. The number of hydrogen-bond donors (Lipinski definition) is 0. The van der Waals surface area contributed by atoms with Crippen LogP contribution in [0.15, 0.2) is 61.2 Å². The highest BCUT2D eigenvalue weighted by Gasteiger charge is 2.23. The number of aromatic nitrogens is 4. The lowest BCUT2D eigenvalue weighted by Gasteiger charge is -2.11. The molecular formula is C22H19N5O2. The molecule has 0 N–H and O–H groups in total. The maximum absolute atomic E-state index is 12.8. The Hall–Kier alpha value is -3.92. The van der Waals surface area contributed by atoms with Crippen LogP contribution in [-0.2, 0) is 11.3 Å². The zero-order chi connectivity index (χ0) is 20.4. The molecule has 0 fully saturated rings. The van der Waals surface area contributed by atoms with E-state index < -0.39 is 5.97 Å². The molecule has 0 aliphatic heterocycles. The molecule has 4 rings (SSSR count). The molecule has 0 aromatic carbocycles. The lowest BCUT2D eigenvalue weighted by molar-refractivity contribution is 0.0471. The number of esters is 1. The van der Waals surface area contributed by atoms with Crippen LogP contribution < -0.4 is 0 Å². The number of carbonyl (C=O) groups is 1. The van der Waals surface area contributed by atoms with E-state index in [1.54, 1.807) is 10.9 Å². The van der Waals surface area contributed by atoms with E-state index in [0.717, 1.165) is 11.2 Å². The normalized spacial score (nSPS) is 11.0. The van der Waals surface area contributed by atoms with E-state index in [-0.39, 0.29) is 12.5 Å². The Morgan fingerprint density at radius 2 is 2.07 bits per heavy atom.